The van der Waals surface area contributed by atoms with Crippen LogP contribution in [0.4, 0.5) is 0 Å². The van der Waals surface area contributed by atoms with Crippen LogP contribution in [0.15, 0.2) is 30.5 Å². The van der Waals surface area contributed by atoms with E-state index in [1.54, 1.807) is 24.1 Å². The Morgan fingerprint density at radius 1 is 1.35 bits per heavy atom. The van der Waals surface area contributed by atoms with Gasteiger partial charge in [-0.15, -0.1) is 0 Å². The molecule has 2 rings (SSSR count). The topological polar surface area (TPSA) is 84.7 Å². The van der Waals surface area contributed by atoms with Gasteiger partial charge in [0.1, 0.15) is 17.5 Å². The minimum atomic E-state index is -1.07. The second-order valence-electron chi connectivity index (χ2n) is 5.25. The number of aliphatic carboxylic acids is 1. The number of methoxy groups -OCH3 is 1. The normalized spacial score (nSPS) is 11.8. The molecular weight excluding hydrogens is 298 g/mol. The van der Waals surface area contributed by atoms with E-state index >= 15 is 0 Å². The molecule has 1 aromatic heterocycles. The maximum Gasteiger partial charge on any atom is 0.326 e. The van der Waals surface area contributed by atoms with Crippen molar-refractivity contribution in [1.29, 1.82) is 0 Å². The molecule has 1 heterocycles. The molecule has 1 unspecified atom stereocenters. The molecule has 0 aliphatic carbocycles. The summed E-state index contributed by atoms with van der Waals surface area (Å²) in [5.74, 6) is -0.893. The first kappa shape index (κ1) is 16.5. The molecular formula is C16H19N3O4. The van der Waals surface area contributed by atoms with Crippen LogP contribution < -0.4 is 4.74 Å². The minimum absolute atomic E-state index is 0.171. The van der Waals surface area contributed by atoms with E-state index in [9.17, 15) is 9.59 Å². The van der Waals surface area contributed by atoms with E-state index < -0.39 is 17.9 Å². The van der Waals surface area contributed by atoms with Gasteiger partial charge in [0.25, 0.3) is 5.91 Å². The molecule has 0 aliphatic rings. The first-order valence-electron chi connectivity index (χ1n) is 7.05. The fraction of sp³-hybridized carbons (Fsp3) is 0.312. The summed E-state index contributed by atoms with van der Waals surface area (Å²) in [5.41, 5.74) is 1.91. The molecule has 7 heteroatoms. The van der Waals surface area contributed by atoms with Crippen molar-refractivity contribution >= 4 is 11.9 Å². The van der Waals surface area contributed by atoms with Gasteiger partial charge >= 0.3 is 5.97 Å². The molecule has 0 radical (unpaired) electrons. The molecule has 0 fully saturated rings. The second-order valence-corrected chi connectivity index (χ2v) is 5.25. The van der Waals surface area contributed by atoms with Gasteiger partial charge in [0.05, 0.1) is 7.11 Å². The molecule has 0 saturated heterocycles. The lowest BCUT2D eigenvalue weighted by atomic mass is 10.2. The summed E-state index contributed by atoms with van der Waals surface area (Å²) in [7, 11) is 3.00. The molecule has 1 aromatic carbocycles. The van der Waals surface area contributed by atoms with Crippen LogP contribution in [0, 0.1) is 6.92 Å². The number of carbonyl (C=O) groups is 2. The summed E-state index contributed by atoms with van der Waals surface area (Å²) in [6.45, 7) is 3.39. The van der Waals surface area contributed by atoms with Crippen LogP contribution >= 0.6 is 0 Å². The number of carboxylic acid groups (broad SMARTS) is 1. The maximum absolute atomic E-state index is 12.3. The highest BCUT2D eigenvalue weighted by Crippen LogP contribution is 2.23. The summed E-state index contributed by atoms with van der Waals surface area (Å²) >= 11 is 0. The average molecular weight is 317 g/mol. The van der Waals surface area contributed by atoms with Gasteiger partial charge in [-0.25, -0.2) is 9.48 Å². The fourth-order valence-corrected chi connectivity index (χ4v) is 2.07. The van der Waals surface area contributed by atoms with Crippen molar-refractivity contribution in [2.75, 3.05) is 14.2 Å². The number of nitrogens with zero attached hydrogens (tertiary/aromatic N) is 3. The average Bonchev–Trinajstić information content (AvgIpc) is 3.02. The SMILES string of the molecule is COc1ccc(C)cc1-n1ccc(C(=O)N(C)C(C)C(=O)O)n1. The molecule has 122 valence electrons. The molecule has 1 N–H and O–H groups in total. The molecule has 7 nitrogen and oxygen atoms in total. The Hall–Kier alpha value is -2.83. The van der Waals surface area contributed by atoms with E-state index in [1.807, 2.05) is 25.1 Å². The van der Waals surface area contributed by atoms with Crippen molar-refractivity contribution < 1.29 is 19.4 Å². The Bertz CT molecular complexity index is 739. The number of rotatable bonds is 5. The van der Waals surface area contributed by atoms with E-state index in [2.05, 4.69) is 5.10 Å². The Labute approximate surface area is 134 Å². The van der Waals surface area contributed by atoms with Crippen LogP contribution in [0.2, 0.25) is 0 Å². The van der Waals surface area contributed by atoms with Gasteiger partial charge in [0.2, 0.25) is 0 Å². The van der Waals surface area contributed by atoms with Crippen LogP contribution in [-0.4, -0.2) is 51.9 Å². The highest BCUT2D eigenvalue weighted by atomic mass is 16.5. The van der Waals surface area contributed by atoms with Gasteiger partial charge < -0.3 is 14.7 Å². The molecule has 2 aromatic rings. The number of amides is 1. The number of ether oxygens (including phenoxy) is 1. The highest BCUT2D eigenvalue weighted by molar-refractivity contribution is 5.94. The van der Waals surface area contributed by atoms with Crippen molar-refractivity contribution in [3.63, 3.8) is 0 Å². The standard InChI is InChI=1S/C16H19N3O4/c1-10-5-6-14(23-4)13(9-10)19-8-7-12(17-19)15(20)18(3)11(2)16(21)22/h5-9,11H,1-4H3,(H,21,22). The third kappa shape index (κ3) is 3.33. The Morgan fingerprint density at radius 3 is 2.65 bits per heavy atom. The van der Waals surface area contributed by atoms with Gasteiger partial charge in [0, 0.05) is 13.2 Å². The number of carboxylic acids is 1. The molecule has 1 atom stereocenters. The zero-order valence-electron chi connectivity index (χ0n) is 13.5. The number of benzene rings is 1. The van der Waals surface area contributed by atoms with Crippen LogP contribution in [0.25, 0.3) is 5.69 Å². The number of aryl methyl sites for hydroxylation is 1. The van der Waals surface area contributed by atoms with E-state index in [-0.39, 0.29) is 5.69 Å². The lowest BCUT2D eigenvalue weighted by molar-refractivity contribution is -0.141. The summed E-state index contributed by atoms with van der Waals surface area (Å²) in [6.07, 6.45) is 1.64. The summed E-state index contributed by atoms with van der Waals surface area (Å²) in [6, 6.07) is 6.26. The highest BCUT2D eigenvalue weighted by Gasteiger charge is 2.24. The smallest absolute Gasteiger partial charge is 0.326 e. The Kier molecular flexibility index (Phi) is 4.68. The number of carbonyl (C=O) groups excluding carboxylic acids is 1. The molecule has 0 aliphatic heterocycles. The van der Waals surface area contributed by atoms with Crippen molar-refractivity contribution in [3.8, 4) is 11.4 Å². The number of likely N-dealkylation sites (N-methyl/N-ethyl adjacent to an activating group) is 1. The summed E-state index contributed by atoms with van der Waals surface area (Å²) in [5, 5.41) is 13.2. The Balaban J connectivity index is 2.33. The van der Waals surface area contributed by atoms with E-state index in [1.165, 1.54) is 14.0 Å². The lowest BCUT2D eigenvalue weighted by Gasteiger charge is -2.20. The molecule has 0 saturated carbocycles. The first-order valence-corrected chi connectivity index (χ1v) is 7.05. The maximum atomic E-state index is 12.3. The lowest BCUT2D eigenvalue weighted by Crippen LogP contribution is -2.40. The largest absolute Gasteiger partial charge is 0.494 e. The monoisotopic (exact) mass is 317 g/mol. The zero-order chi connectivity index (χ0) is 17.1. The van der Waals surface area contributed by atoms with Gasteiger partial charge in [-0.3, -0.25) is 4.79 Å². The van der Waals surface area contributed by atoms with Crippen molar-refractivity contribution in [1.82, 2.24) is 14.7 Å². The van der Waals surface area contributed by atoms with Crippen molar-refractivity contribution in [3.05, 3.63) is 41.7 Å². The van der Waals surface area contributed by atoms with Crippen LogP contribution in [-0.2, 0) is 4.79 Å². The number of hydrogen-bond donors (Lipinski definition) is 1. The van der Waals surface area contributed by atoms with Gasteiger partial charge in [-0.1, -0.05) is 6.07 Å². The predicted octanol–water partition coefficient (Wildman–Crippen LogP) is 1.73. The van der Waals surface area contributed by atoms with Crippen LogP contribution in [0.3, 0.4) is 0 Å². The first-order chi connectivity index (χ1) is 10.8. The fourth-order valence-electron chi connectivity index (χ4n) is 2.07. The molecule has 1 amide bonds. The minimum Gasteiger partial charge on any atom is -0.494 e. The van der Waals surface area contributed by atoms with Gasteiger partial charge in [-0.2, -0.15) is 5.10 Å². The van der Waals surface area contributed by atoms with E-state index in [4.69, 9.17) is 9.84 Å². The summed E-state index contributed by atoms with van der Waals surface area (Å²) < 4.78 is 6.85. The molecule has 23 heavy (non-hydrogen) atoms. The summed E-state index contributed by atoms with van der Waals surface area (Å²) in [4.78, 5) is 24.4. The third-order valence-electron chi connectivity index (χ3n) is 3.65. The number of aromatic nitrogens is 2. The van der Waals surface area contributed by atoms with Crippen molar-refractivity contribution in [2.24, 2.45) is 0 Å². The van der Waals surface area contributed by atoms with Crippen LogP contribution in [0.1, 0.15) is 23.0 Å². The Morgan fingerprint density at radius 2 is 2.04 bits per heavy atom. The zero-order valence-corrected chi connectivity index (χ0v) is 13.5. The second kappa shape index (κ2) is 6.51. The molecule has 0 bridgehead atoms. The van der Waals surface area contributed by atoms with Crippen LogP contribution in [0.5, 0.6) is 5.75 Å². The van der Waals surface area contributed by atoms with Gasteiger partial charge in [0.15, 0.2) is 5.69 Å². The van der Waals surface area contributed by atoms with E-state index in [0.717, 1.165) is 10.5 Å². The van der Waals surface area contributed by atoms with Crippen molar-refractivity contribution in [2.45, 2.75) is 19.9 Å². The predicted molar refractivity (Wildman–Crippen MR) is 84.0 cm³/mol. The van der Waals surface area contributed by atoms with Gasteiger partial charge in [-0.05, 0) is 37.6 Å². The quantitative estimate of drug-likeness (QED) is 0.908. The third-order valence-corrected chi connectivity index (χ3v) is 3.65. The number of hydrogen-bond acceptors (Lipinski definition) is 4. The molecule has 0 spiro atoms. The van der Waals surface area contributed by atoms with E-state index in [0.29, 0.717) is 11.4 Å².